The average Bonchev–Trinajstić information content (AvgIpc) is 2.85. The molecule has 0 fully saturated rings. The van der Waals surface area contributed by atoms with Gasteiger partial charge < -0.3 is 9.51 Å². The summed E-state index contributed by atoms with van der Waals surface area (Å²) in [6, 6.07) is 7.58. The van der Waals surface area contributed by atoms with Crippen LogP contribution in [0.3, 0.4) is 0 Å². The van der Waals surface area contributed by atoms with Crippen molar-refractivity contribution in [1.82, 2.24) is 14.4 Å². The van der Waals surface area contributed by atoms with E-state index in [4.69, 9.17) is 5.11 Å². The molecular weight excluding hydrogens is 242 g/mol. The largest absolute Gasteiger partial charge is 0.481 e. The monoisotopic (exact) mass is 253 g/mol. The molecule has 0 bridgehead atoms. The van der Waals surface area contributed by atoms with Crippen LogP contribution in [0, 0.1) is 0 Å². The zero-order chi connectivity index (χ0) is 13.2. The quantitative estimate of drug-likeness (QED) is 0.775. The maximum Gasteiger partial charge on any atom is 0.309 e. The number of nitrogens with zero attached hydrogens (tertiary/aromatic N) is 3. The van der Waals surface area contributed by atoms with Gasteiger partial charge in [-0.2, -0.15) is 0 Å². The molecule has 0 radical (unpaired) electrons. The van der Waals surface area contributed by atoms with Gasteiger partial charge in [-0.3, -0.25) is 9.78 Å². The summed E-state index contributed by atoms with van der Waals surface area (Å²) in [6.07, 6.45) is 7.10. The van der Waals surface area contributed by atoms with E-state index in [-0.39, 0.29) is 6.42 Å². The van der Waals surface area contributed by atoms with Crippen LogP contribution < -0.4 is 0 Å². The van der Waals surface area contributed by atoms with Crippen LogP contribution >= 0.6 is 0 Å². The molecule has 0 aliphatic heterocycles. The summed E-state index contributed by atoms with van der Waals surface area (Å²) in [5.74, 6) is -0.881. The fourth-order valence-electron chi connectivity index (χ4n) is 2.00. The van der Waals surface area contributed by atoms with E-state index >= 15 is 0 Å². The molecular formula is C14H11N3O2. The molecule has 1 N–H and O–H groups in total. The summed E-state index contributed by atoms with van der Waals surface area (Å²) in [4.78, 5) is 19.0. The molecule has 0 saturated carbocycles. The molecule has 94 valence electrons. The molecule has 5 heteroatoms. The van der Waals surface area contributed by atoms with Gasteiger partial charge in [0.25, 0.3) is 0 Å². The van der Waals surface area contributed by atoms with Crippen LogP contribution in [-0.2, 0) is 11.2 Å². The normalized spacial score (nSPS) is 10.7. The van der Waals surface area contributed by atoms with Crippen LogP contribution in [0.25, 0.3) is 16.8 Å². The topological polar surface area (TPSA) is 67.5 Å². The van der Waals surface area contributed by atoms with E-state index in [9.17, 15) is 4.79 Å². The molecule has 0 aliphatic rings. The van der Waals surface area contributed by atoms with Crippen molar-refractivity contribution in [3.63, 3.8) is 0 Å². The Balaban J connectivity index is 2.02. The van der Waals surface area contributed by atoms with E-state index in [0.29, 0.717) is 5.69 Å². The lowest BCUT2D eigenvalue weighted by Crippen LogP contribution is -2.02. The molecule has 19 heavy (non-hydrogen) atoms. The number of aromatic nitrogens is 3. The van der Waals surface area contributed by atoms with Crippen LogP contribution in [0.15, 0.2) is 49.1 Å². The molecule has 0 unspecified atom stereocenters. The van der Waals surface area contributed by atoms with Gasteiger partial charge in [0.2, 0.25) is 0 Å². The van der Waals surface area contributed by atoms with Crippen molar-refractivity contribution < 1.29 is 9.90 Å². The van der Waals surface area contributed by atoms with Gasteiger partial charge in [0.05, 0.1) is 12.1 Å². The van der Waals surface area contributed by atoms with Gasteiger partial charge in [-0.15, -0.1) is 0 Å². The first-order chi connectivity index (χ1) is 9.22. The number of rotatable bonds is 3. The van der Waals surface area contributed by atoms with E-state index in [0.717, 1.165) is 16.8 Å². The maximum atomic E-state index is 10.7. The summed E-state index contributed by atoms with van der Waals surface area (Å²) in [7, 11) is 0. The highest BCUT2D eigenvalue weighted by Crippen LogP contribution is 2.20. The summed E-state index contributed by atoms with van der Waals surface area (Å²) < 4.78 is 1.92. The lowest BCUT2D eigenvalue weighted by atomic mass is 10.1. The summed E-state index contributed by atoms with van der Waals surface area (Å²) in [6.45, 7) is 0. The maximum absolute atomic E-state index is 10.7. The summed E-state index contributed by atoms with van der Waals surface area (Å²) in [5.41, 5.74) is 3.34. The van der Waals surface area contributed by atoms with Crippen molar-refractivity contribution in [2.75, 3.05) is 0 Å². The van der Waals surface area contributed by atoms with Crippen LogP contribution in [0.5, 0.6) is 0 Å². The van der Waals surface area contributed by atoms with Crippen molar-refractivity contribution in [3.05, 3.63) is 54.7 Å². The molecule has 0 atom stereocenters. The van der Waals surface area contributed by atoms with Crippen LogP contribution in [0.4, 0.5) is 0 Å². The minimum Gasteiger partial charge on any atom is -0.481 e. The van der Waals surface area contributed by atoms with Crippen molar-refractivity contribution in [1.29, 1.82) is 0 Å². The third-order valence-electron chi connectivity index (χ3n) is 2.88. The Morgan fingerprint density at radius 2 is 1.95 bits per heavy atom. The molecule has 0 saturated heterocycles. The molecule has 3 heterocycles. The number of fused-ring (bicyclic) bond motifs is 1. The zero-order valence-corrected chi connectivity index (χ0v) is 10.0. The Morgan fingerprint density at radius 3 is 2.79 bits per heavy atom. The highest BCUT2D eigenvalue weighted by Gasteiger charge is 2.05. The minimum atomic E-state index is -0.881. The second kappa shape index (κ2) is 4.53. The van der Waals surface area contributed by atoms with Crippen molar-refractivity contribution in [2.24, 2.45) is 0 Å². The minimum absolute atomic E-state index is 0.0700. The van der Waals surface area contributed by atoms with Crippen molar-refractivity contribution in [3.8, 4) is 11.1 Å². The summed E-state index contributed by atoms with van der Waals surface area (Å²) in [5, 5.41) is 8.79. The molecule has 3 aromatic rings. The van der Waals surface area contributed by atoms with Gasteiger partial charge in [0, 0.05) is 24.8 Å². The van der Waals surface area contributed by atoms with Crippen molar-refractivity contribution in [2.45, 2.75) is 6.42 Å². The first kappa shape index (κ1) is 11.4. The predicted octanol–water partition coefficient (Wildman–Crippen LogP) is 2.02. The lowest BCUT2D eigenvalue weighted by molar-refractivity contribution is -0.136. The highest BCUT2D eigenvalue weighted by molar-refractivity contribution is 5.72. The smallest absolute Gasteiger partial charge is 0.309 e. The molecule has 3 rings (SSSR count). The van der Waals surface area contributed by atoms with Gasteiger partial charge in [0.15, 0.2) is 0 Å². The van der Waals surface area contributed by atoms with Gasteiger partial charge in [-0.1, -0.05) is 0 Å². The Kier molecular flexibility index (Phi) is 2.72. The number of hydrogen-bond acceptors (Lipinski definition) is 3. The van der Waals surface area contributed by atoms with E-state index in [2.05, 4.69) is 9.97 Å². The number of aliphatic carboxylic acids is 1. The number of imidazole rings is 1. The first-order valence-corrected chi connectivity index (χ1v) is 5.82. The predicted molar refractivity (Wildman–Crippen MR) is 69.8 cm³/mol. The van der Waals surface area contributed by atoms with E-state index in [1.54, 1.807) is 18.5 Å². The van der Waals surface area contributed by atoms with E-state index < -0.39 is 5.97 Å². The number of carbonyl (C=O) groups is 1. The Hall–Kier alpha value is -2.69. The Bertz CT molecular complexity index is 749. The summed E-state index contributed by atoms with van der Waals surface area (Å²) >= 11 is 0. The van der Waals surface area contributed by atoms with Gasteiger partial charge >= 0.3 is 5.97 Å². The number of carboxylic acids is 1. The van der Waals surface area contributed by atoms with E-state index in [1.165, 1.54) is 0 Å². The standard InChI is InChI=1S/C14H11N3O2/c18-14(19)9-12-7-10(1-3-15-12)11-2-5-17-6-4-16-13(17)8-11/h1-8H,9H2,(H,18,19). The molecule has 0 amide bonds. The number of hydrogen-bond donors (Lipinski definition) is 1. The fraction of sp³-hybridized carbons (Fsp3) is 0.0714. The van der Waals surface area contributed by atoms with Gasteiger partial charge in [-0.05, 0) is 35.4 Å². The second-order valence-electron chi connectivity index (χ2n) is 4.21. The molecule has 0 spiro atoms. The Morgan fingerprint density at radius 1 is 1.11 bits per heavy atom. The molecule has 3 aromatic heterocycles. The average molecular weight is 253 g/mol. The lowest BCUT2D eigenvalue weighted by Gasteiger charge is -2.04. The molecule has 0 aliphatic carbocycles. The highest BCUT2D eigenvalue weighted by atomic mass is 16.4. The molecule has 0 aromatic carbocycles. The van der Waals surface area contributed by atoms with Gasteiger partial charge in [0.1, 0.15) is 5.65 Å². The van der Waals surface area contributed by atoms with Crippen LogP contribution in [-0.4, -0.2) is 25.4 Å². The van der Waals surface area contributed by atoms with Crippen molar-refractivity contribution >= 4 is 11.6 Å². The molecule has 5 nitrogen and oxygen atoms in total. The zero-order valence-electron chi connectivity index (χ0n) is 10.0. The van der Waals surface area contributed by atoms with E-state index in [1.807, 2.05) is 35.0 Å². The fourth-order valence-corrected chi connectivity index (χ4v) is 2.00. The Labute approximate surface area is 109 Å². The SMILES string of the molecule is O=C(O)Cc1cc(-c2ccn3ccnc3c2)ccn1. The number of carboxylic acid groups (broad SMARTS) is 1. The van der Waals surface area contributed by atoms with Crippen LogP contribution in [0.1, 0.15) is 5.69 Å². The van der Waals surface area contributed by atoms with Crippen LogP contribution in [0.2, 0.25) is 0 Å². The second-order valence-corrected chi connectivity index (χ2v) is 4.21. The number of pyridine rings is 2. The third-order valence-corrected chi connectivity index (χ3v) is 2.88. The third kappa shape index (κ3) is 2.30. The van der Waals surface area contributed by atoms with Gasteiger partial charge in [-0.25, -0.2) is 4.98 Å². The first-order valence-electron chi connectivity index (χ1n) is 5.82.